The van der Waals surface area contributed by atoms with Crippen molar-refractivity contribution in [1.29, 1.82) is 0 Å². The summed E-state index contributed by atoms with van der Waals surface area (Å²) in [5.41, 5.74) is 0.0908. The molecule has 0 N–H and O–H groups in total. The molecule has 178 valence electrons. The van der Waals surface area contributed by atoms with Gasteiger partial charge >= 0.3 is 11.9 Å². The quantitative estimate of drug-likeness (QED) is 0.0703. The monoisotopic (exact) mass is 1150 g/mol. The van der Waals surface area contributed by atoms with Crippen molar-refractivity contribution >= 4 is 158 Å². The van der Waals surface area contributed by atoms with E-state index in [2.05, 4.69) is 45.2 Å². The van der Waals surface area contributed by atoms with Crippen LogP contribution in [0, 0.1) is 21.4 Å². The van der Waals surface area contributed by atoms with Crippen molar-refractivity contribution in [2.24, 2.45) is 0 Å². The third kappa shape index (κ3) is 6.66. The number of ether oxygens (including phenoxy) is 2. The van der Waals surface area contributed by atoms with E-state index in [-0.39, 0.29) is 28.9 Å². The van der Waals surface area contributed by atoms with Gasteiger partial charge in [0, 0.05) is 21.4 Å². The first-order chi connectivity index (χ1) is 15.8. The number of carbonyl (C=O) groups excluding carboxylic acids is 2. The summed E-state index contributed by atoms with van der Waals surface area (Å²) in [4.78, 5) is 26.1. The van der Waals surface area contributed by atoms with Crippen LogP contribution in [-0.4, -0.2) is 24.9 Å². The predicted octanol–water partition coefficient (Wildman–Crippen LogP) is 6.66. The molecule has 3 aromatic carbocycles. The summed E-state index contributed by atoms with van der Waals surface area (Å²) in [5, 5.41) is 0. The Bertz CT molecular complexity index is 1400. The van der Waals surface area contributed by atoms with E-state index in [0.29, 0.717) is 12.9 Å². The van der Waals surface area contributed by atoms with Gasteiger partial charge in [0.2, 0.25) is 0 Å². The molecule has 0 fully saturated rings. The summed E-state index contributed by atoms with van der Waals surface area (Å²) in [5.74, 6) is -1.18. The number of benzene rings is 3. The van der Waals surface area contributed by atoms with Crippen LogP contribution in [0.3, 0.4) is 0 Å². The second-order valence-electron chi connectivity index (χ2n) is 6.27. The van der Waals surface area contributed by atoms with Crippen molar-refractivity contribution in [3.8, 4) is 11.5 Å². The third-order valence-corrected chi connectivity index (χ3v) is 14.8. The topological polar surface area (TPSA) is 110 Å². The van der Waals surface area contributed by atoms with Crippen LogP contribution in [0.1, 0.15) is 20.7 Å². The fourth-order valence-electron chi connectivity index (χ4n) is 2.65. The zero-order valence-electron chi connectivity index (χ0n) is 16.1. The Morgan fingerprint density at radius 3 is 1.50 bits per heavy atom. The molecule has 3 rings (SSSR count). The number of para-hydroxylation sites is 1. The van der Waals surface area contributed by atoms with Crippen LogP contribution in [0.15, 0.2) is 47.4 Å². The van der Waals surface area contributed by atoms with E-state index in [1.165, 1.54) is 12.1 Å². The molecular formula is C20H7I6O7S-. The van der Waals surface area contributed by atoms with Gasteiger partial charge in [-0.25, -0.2) is 18.0 Å². The van der Waals surface area contributed by atoms with Crippen LogP contribution < -0.4 is 9.47 Å². The minimum absolute atomic E-state index is 0.0290. The number of esters is 2. The summed E-state index contributed by atoms with van der Waals surface area (Å²) in [6, 6.07) is 11.0. The van der Waals surface area contributed by atoms with Crippen molar-refractivity contribution in [2.45, 2.75) is 4.90 Å². The maximum atomic E-state index is 13.3. The Hall–Kier alpha value is 0.890. The molecule has 0 spiro atoms. The van der Waals surface area contributed by atoms with Crippen molar-refractivity contribution in [2.75, 3.05) is 0 Å². The maximum absolute atomic E-state index is 13.3. The molecule has 0 aliphatic heterocycles. The number of hydrogen-bond acceptors (Lipinski definition) is 7. The van der Waals surface area contributed by atoms with E-state index in [1.54, 1.807) is 75.5 Å². The van der Waals surface area contributed by atoms with E-state index < -0.39 is 22.1 Å². The van der Waals surface area contributed by atoms with Gasteiger partial charge in [0.15, 0.2) is 0 Å². The molecule has 0 amide bonds. The minimum atomic E-state index is -4.70. The van der Waals surface area contributed by atoms with Gasteiger partial charge in [0.1, 0.15) is 21.6 Å². The molecule has 0 bridgehead atoms. The highest BCUT2D eigenvalue weighted by atomic mass is 127. The fourth-order valence-corrected chi connectivity index (χ4v) is 10.2. The molecular weight excluding hydrogens is 1150 g/mol. The van der Waals surface area contributed by atoms with Crippen LogP contribution in [0.4, 0.5) is 0 Å². The van der Waals surface area contributed by atoms with Crippen LogP contribution in [0.2, 0.25) is 0 Å². The molecule has 0 saturated heterocycles. The Labute approximate surface area is 276 Å². The van der Waals surface area contributed by atoms with Crippen LogP contribution >= 0.6 is 136 Å². The summed E-state index contributed by atoms with van der Waals surface area (Å²) in [6.45, 7) is 0. The van der Waals surface area contributed by atoms with Crippen LogP contribution in [-0.2, 0) is 10.1 Å². The second-order valence-corrected chi connectivity index (χ2v) is 14.2. The molecule has 0 aromatic heterocycles. The average Bonchev–Trinajstić information content (AvgIpc) is 2.73. The molecule has 0 radical (unpaired) electrons. The van der Waals surface area contributed by atoms with Gasteiger partial charge in [0.05, 0.1) is 16.0 Å². The molecule has 14 heteroatoms. The summed E-state index contributed by atoms with van der Waals surface area (Å²) in [6.07, 6.45) is 0. The molecule has 0 aliphatic rings. The highest BCUT2D eigenvalue weighted by Crippen LogP contribution is 2.35. The maximum Gasteiger partial charge on any atom is 0.345 e. The van der Waals surface area contributed by atoms with Crippen molar-refractivity contribution in [3.63, 3.8) is 0 Å². The fraction of sp³-hybridized carbons (Fsp3) is 0. The highest BCUT2D eigenvalue weighted by Gasteiger charge is 2.30. The zero-order valence-corrected chi connectivity index (χ0v) is 29.8. The lowest BCUT2D eigenvalue weighted by Gasteiger charge is -2.17. The van der Waals surface area contributed by atoms with Gasteiger partial charge < -0.3 is 14.0 Å². The number of hydrogen-bond donors (Lipinski definition) is 0. The second kappa shape index (κ2) is 12.2. The van der Waals surface area contributed by atoms with E-state index in [1.807, 2.05) is 45.2 Å². The molecule has 3 aromatic rings. The van der Waals surface area contributed by atoms with Gasteiger partial charge in [-0.15, -0.1) is 0 Å². The van der Waals surface area contributed by atoms with Gasteiger partial charge in [-0.2, -0.15) is 0 Å². The Kier molecular flexibility index (Phi) is 10.5. The van der Waals surface area contributed by atoms with E-state index in [0.717, 1.165) is 7.14 Å². The number of rotatable bonds is 5. The third-order valence-electron chi connectivity index (χ3n) is 4.06. The lowest BCUT2D eigenvalue weighted by Crippen LogP contribution is -2.22. The van der Waals surface area contributed by atoms with Gasteiger partial charge in [-0.3, -0.25) is 0 Å². The largest absolute Gasteiger partial charge is 0.744 e. The van der Waals surface area contributed by atoms with Crippen LogP contribution in [0.25, 0.3) is 0 Å². The first-order valence-electron chi connectivity index (χ1n) is 8.63. The Balaban J connectivity index is 2.09. The SMILES string of the molecule is O=C(Oc1ccccc1)c1c(I)c(I)c(I)c(I)c1C(=O)Oc1cc(I)c(S(=O)(=O)[O-])c(I)c1. The zero-order chi connectivity index (χ0) is 25.4. The Morgan fingerprint density at radius 1 is 0.676 bits per heavy atom. The molecule has 0 aliphatic carbocycles. The molecule has 0 heterocycles. The first-order valence-corrected chi connectivity index (χ1v) is 16.5. The van der Waals surface area contributed by atoms with Gasteiger partial charge in [-0.1, -0.05) is 18.2 Å². The van der Waals surface area contributed by atoms with Gasteiger partial charge in [-0.05, 0) is 160 Å². The predicted molar refractivity (Wildman–Crippen MR) is 174 cm³/mol. The lowest BCUT2D eigenvalue weighted by molar-refractivity contribution is 0.0689. The first kappa shape index (κ1) is 29.4. The average molecular weight is 1150 g/mol. The molecule has 0 atom stereocenters. The minimum Gasteiger partial charge on any atom is -0.744 e. The lowest BCUT2D eigenvalue weighted by atomic mass is 10.1. The van der Waals surface area contributed by atoms with E-state index in [9.17, 15) is 22.6 Å². The summed E-state index contributed by atoms with van der Waals surface area (Å²) < 4.78 is 48.4. The summed E-state index contributed by atoms with van der Waals surface area (Å²) in [7, 11) is -4.70. The Morgan fingerprint density at radius 2 is 1.09 bits per heavy atom. The van der Waals surface area contributed by atoms with Crippen molar-refractivity contribution in [1.82, 2.24) is 0 Å². The number of carbonyl (C=O) groups is 2. The molecule has 34 heavy (non-hydrogen) atoms. The number of halogens is 6. The standard InChI is InChI=1S/C20H8I6O7S/c21-10-6-9(7-11(22)18(10)34(29,30)31)33-20(28)13-12(14(23)16(25)17(26)15(13)24)19(27)32-8-4-2-1-3-5-8/h1-7H,(H,29,30,31)/p-1. The van der Waals surface area contributed by atoms with Crippen LogP contribution in [0.5, 0.6) is 11.5 Å². The van der Waals surface area contributed by atoms with E-state index in [4.69, 9.17) is 9.47 Å². The molecule has 0 unspecified atom stereocenters. The van der Waals surface area contributed by atoms with Crippen molar-refractivity contribution in [3.05, 3.63) is 75.0 Å². The van der Waals surface area contributed by atoms with Gasteiger partial charge in [0.25, 0.3) is 0 Å². The summed E-state index contributed by atoms with van der Waals surface area (Å²) >= 11 is 11.5. The normalized spacial score (nSPS) is 11.3. The molecule has 7 nitrogen and oxygen atoms in total. The molecule has 0 saturated carbocycles. The highest BCUT2D eigenvalue weighted by molar-refractivity contribution is 14.1. The van der Waals surface area contributed by atoms with Crippen molar-refractivity contribution < 1.29 is 32.0 Å². The van der Waals surface area contributed by atoms with E-state index >= 15 is 0 Å². The smallest absolute Gasteiger partial charge is 0.345 e.